The quantitative estimate of drug-likeness (QED) is 0.894. The Morgan fingerprint density at radius 3 is 2.59 bits per heavy atom. The van der Waals surface area contributed by atoms with Gasteiger partial charge in [0.25, 0.3) is 0 Å². The van der Waals surface area contributed by atoms with Crippen molar-refractivity contribution in [2.75, 3.05) is 0 Å². The summed E-state index contributed by atoms with van der Waals surface area (Å²) in [6, 6.07) is 3.92. The fourth-order valence-corrected chi connectivity index (χ4v) is 1.75. The lowest BCUT2D eigenvalue weighted by molar-refractivity contribution is 0.281. The maximum atomic E-state index is 13.7. The van der Waals surface area contributed by atoms with E-state index in [0.717, 1.165) is 12.3 Å². The van der Waals surface area contributed by atoms with Gasteiger partial charge in [-0.2, -0.15) is 0 Å². The molecule has 1 heterocycles. The molecule has 0 aliphatic rings. The minimum absolute atomic E-state index is 0.0108. The number of halogens is 3. The molecule has 0 saturated carbocycles. The van der Waals surface area contributed by atoms with Crippen molar-refractivity contribution in [3.63, 3.8) is 0 Å². The minimum Gasteiger partial charge on any atom is -0.392 e. The summed E-state index contributed by atoms with van der Waals surface area (Å²) in [5.74, 6) is -1.32. The Hall–Kier alpha value is -1.52. The molecular weight excluding hydrogens is 248 g/mol. The summed E-state index contributed by atoms with van der Waals surface area (Å²) in [5, 5.41) is 9.32. The second kappa shape index (κ2) is 4.77. The number of rotatable bonds is 2. The SMILES string of the molecule is OCc1cncc(F)c1-c1ccc(Cl)cc1F. The molecular formula is C12H8ClF2NO. The first-order valence-corrected chi connectivity index (χ1v) is 5.20. The molecule has 0 spiro atoms. The van der Waals surface area contributed by atoms with Crippen molar-refractivity contribution in [1.82, 2.24) is 4.98 Å². The summed E-state index contributed by atoms with van der Waals surface area (Å²) in [5.41, 5.74) is 0.293. The molecule has 0 unspecified atom stereocenters. The van der Waals surface area contributed by atoms with Crippen LogP contribution in [0.1, 0.15) is 5.56 Å². The van der Waals surface area contributed by atoms with Gasteiger partial charge in [0, 0.05) is 27.9 Å². The summed E-state index contributed by atoms with van der Waals surface area (Å²) >= 11 is 5.62. The van der Waals surface area contributed by atoms with Gasteiger partial charge in [0.05, 0.1) is 12.8 Å². The highest BCUT2D eigenvalue weighted by Gasteiger charge is 2.15. The summed E-state index contributed by atoms with van der Waals surface area (Å²) < 4.78 is 27.3. The Morgan fingerprint density at radius 1 is 1.18 bits per heavy atom. The van der Waals surface area contributed by atoms with Crippen LogP contribution in [0.4, 0.5) is 8.78 Å². The second-order valence-electron chi connectivity index (χ2n) is 3.44. The zero-order valence-corrected chi connectivity index (χ0v) is 9.38. The zero-order valence-electron chi connectivity index (χ0n) is 8.62. The van der Waals surface area contributed by atoms with Gasteiger partial charge in [-0.05, 0) is 18.2 Å². The molecule has 0 amide bonds. The third-order valence-electron chi connectivity index (χ3n) is 2.35. The Balaban J connectivity index is 2.67. The zero-order chi connectivity index (χ0) is 12.4. The molecule has 2 nitrogen and oxygen atoms in total. The van der Waals surface area contributed by atoms with Gasteiger partial charge in [-0.1, -0.05) is 11.6 Å². The molecule has 2 rings (SSSR count). The number of benzene rings is 1. The summed E-state index contributed by atoms with van der Waals surface area (Å²) in [6.45, 7) is -0.415. The lowest BCUT2D eigenvalue weighted by Gasteiger charge is -2.09. The van der Waals surface area contributed by atoms with Crippen molar-refractivity contribution >= 4 is 11.6 Å². The fourth-order valence-electron chi connectivity index (χ4n) is 1.59. The Morgan fingerprint density at radius 2 is 1.94 bits per heavy atom. The molecule has 0 saturated heterocycles. The van der Waals surface area contributed by atoms with Crippen LogP contribution >= 0.6 is 11.6 Å². The number of hydrogen-bond donors (Lipinski definition) is 1. The predicted octanol–water partition coefficient (Wildman–Crippen LogP) is 3.17. The van der Waals surface area contributed by atoms with E-state index in [2.05, 4.69) is 4.98 Å². The number of aliphatic hydroxyl groups excluding tert-OH is 1. The van der Waals surface area contributed by atoms with E-state index in [0.29, 0.717) is 0 Å². The van der Waals surface area contributed by atoms with Gasteiger partial charge in [-0.15, -0.1) is 0 Å². The van der Waals surface area contributed by atoms with Crippen molar-refractivity contribution < 1.29 is 13.9 Å². The van der Waals surface area contributed by atoms with Crippen molar-refractivity contribution in [3.05, 3.63) is 52.8 Å². The van der Waals surface area contributed by atoms with Gasteiger partial charge < -0.3 is 5.11 Å². The third kappa shape index (κ3) is 2.28. The first-order chi connectivity index (χ1) is 8.13. The average Bonchev–Trinajstić information content (AvgIpc) is 2.30. The molecule has 1 aromatic heterocycles. The van der Waals surface area contributed by atoms with Crippen LogP contribution in [-0.2, 0) is 6.61 Å². The second-order valence-corrected chi connectivity index (χ2v) is 3.87. The average molecular weight is 256 g/mol. The largest absolute Gasteiger partial charge is 0.392 e. The van der Waals surface area contributed by atoms with Crippen LogP contribution in [0.25, 0.3) is 11.1 Å². The van der Waals surface area contributed by atoms with Crippen LogP contribution in [0.2, 0.25) is 5.02 Å². The fraction of sp³-hybridized carbons (Fsp3) is 0.0833. The maximum Gasteiger partial charge on any atom is 0.149 e. The van der Waals surface area contributed by atoms with E-state index in [1.807, 2.05) is 0 Å². The van der Waals surface area contributed by atoms with E-state index in [-0.39, 0.29) is 21.7 Å². The molecule has 0 aliphatic heterocycles. The monoisotopic (exact) mass is 255 g/mol. The number of aliphatic hydroxyl groups is 1. The van der Waals surface area contributed by atoms with Gasteiger partial charge in [-0.3, -0.25) is 4.98 Å². The number of pyridine rings is 1. The number of hydrogen-bond acceptors (Lipinski definition) is 2. The smallest absolute Gasteiger partial charge is 0.149 e. The number of aromatic nitrogens is 1. The van der Waals surface area contributed by atoms with Crippen molar-refractivity contribution in [1.29, 1.82) is 0 Å². The van der Waals surface area contributed by atoms with E-state index < -0.39 is 18.2 Å². The van der Waals surface area contributed by atoms with Crippen LogP contribution in [0, 0.1) is 11.6 Å². The van der Waals surface area contributed by atoms with Gasteiger partial charge in [0.15, 0.2) is 0 Å². The van der Waals surface area contributed by atoms with Crippen molar-refractivity contribution in [2.24, 2.45) is 0 Å². The molecule has 1 aromatic carbocycles. The van der Waals surface area contributed by atoms with Gasteiger partial charge in [0.1, 0.15) is 11.6 Å². The lowest BCUT2D eigenvalue weighted by atomic mass is 10.0. The van der Waals surface area contributed by atoms with Crippen LogP contribution < -0.4 is 0 Å². The highest BCUT2D eigenvalue weighted by Crippen LogP contribution is 2.30. The Bertz CT molecular complexity index is 560. The van der Waals surface area contributed by atoms with E-state index >= 15 is 0 Å². The standard InChI is InChI=1S/C12H8ClF2NO/c13-8-1-2-9(10(14)3-8)12-7(6-17)4-16-5-11(12)15/h1-5,17H,6H2. The molecule has 5 heteroatoms. The molecule has 2 aromatic rings. The van der Waals surface area contributed by atoms with Crippen LogP contribution in [-0.4, -0.2) is 10.1 Å². The normalized spacial score (nSPS) is 10.6. The molecule has 0 atom stereocenters. The van der Waals surface area contributed by atoms with E-state index in [1.165, 1.54) is 18.3 Å². The van der Waals surface area contributed by atoms with E-state index in [4.69, 9.17) is 16.7 Å². The highest BCUT2D eigenvalue weighted by molar-refractivity contribution is 6.30. The topological polar surface area (TPSA) is 33.1 Å². The predicted molar refractivity (Wildman–Crippen MR) is 60.5 cm³/mol. The Labute approximate surface area is 102 Å². The van der Waals surface area contributed by atoms with E-state index in [1.54, 1.807) is 0 Å². The Kier molecular flexibility index (Phi) is 3.36. The molecule has 0 fully saturated rings. The van der Waals surface area contributed by atoms with Crippen LogP contribution in [0.5, 0.6) is 0 Å². The minimum atomic E-state index is -0.683. The number of nitrogens with zero attached hydrogens (tertiary/aromatic N) is 1. The molecule has 0 bridgehead atoms. The molecule has 0 radical (unpaired) electrons. The molecule has 1 N–H and O–H groups in total. The van der Waals surface area contributed by atoms with Crippen LogP contribution in [0.15, 0.2) is 30.6 Å². The molecule has 88 valence electrons. The molecule has 0 aliphatic carbocycles. The highest BCUT2D eigenvalue weighted by atomic mass is 35.5. The molecule has 17 heavy (non-hydrogen) atoms. The summed E-state index contributed by atoms with van der Waals surface area (Å²) in [7, 11) is 0. The van der Waals surface area contributed by atoms with E-state index in [9.17, 15) is 8.78 Å². The lowest BCUT2D eigenvalue weighted by Crippen LogP contribution is -1.97. The summed E-state index contributed by atoms with van der Waals surface area (Å²) in [4.78, 5) is 3.60. The first-order valence-electron chi connectivity index (χ1n) is 4.82. The van der Waals surface area contributed by atoms with Gasteiger partial charge in [-0.25, -0.2) is 8.78 Å². The first kappa shape index (κ1) is 12.0. The summed E-state index contributed by atoms with van der Waals surface area (Å²) in [6.07, 6.45) is 2.27. The van der Waals surface area contributed by atoms with Crippen LogP contribution in [0.3, 0.4) is 0 Å². The maximum absolute atomic E-state index is 13.7. The third-order valence-corrected chi connectivity index (χ3v) is 2.58. The van der Waals surface area contributed by atoms with Crippen molar-refractivity contribution in [2.45, 2.75) is 6.61 Å². The van der Waals surface area contributed by atoms with Gasteiger partial charge in [0.2, 0.25) is 0 Å². The van der Waals surface area contributed by atoms with Gasteiger partial charge >= 0.3 is 0 Å². The van der Waals surface area contributed by atoms with Crippen molar-refractivity contribution in [3.8, 4) is 11.1 Å².